The number of hydrogen-bond donors (Lipinski definition) is 1. The first-order valence-corrected chi connectivity index (χ1v) is 5.81. The van der Waals surface area contributed by atoms with Crippen LogP contribution in [0.25, 0.3) is 0 Å². The highest BCUT2D eigenvalue weighted by Crippen LogP contribution is 2.04. The molecule has 0 amide bonds. The number of H-pyrrole nitrogens is 1. The fourth-order valence-corrected chi connectivity index (χ4v) is 1.64. The minimum Gasteiger partial charge on any atom is -0.461 e. The van der Waals surface area contributed by atoms with Gasteiger partial charge in [0.15, 0.2) is 0 Å². The standard InChI is InChI=1S/C13H13FN2O3/c1-2-19-13(18)11-7-12(17)16(15-11)8-9-3-5-10(14)6-4-9/h3-7,15H,2,8H2,1H3. The van der Waals surface area contributed by atoms with E-state index in [1.54, 1.807) is 19.1 Å². The highest BCUT2D eigenvalue weighted by atomic mass is 19.1. The molecular weight excluding hydrogens is 251 g/mol. The largest absolute Gasteiger partial charge is 0.461 e. The van der Waals surface area contributed by atoms with Crippen LogP contribution in [-0.4, -0.2) is 22.4 Å². The summed E-state index contributed by atoms with van der Waals surface area (Å²) in [5.74, 6) is -0.910. The van der Waals surface area contributed by atoms with Gasteiger partial charge in [0.05, 0.1) is 13.2 Å². The van der Waals surface area contributed by atoms with E-state index in [2.05, 4.69) is 5.10 Å². The van der Waals surface area contributed by atoms with Gasteiger partial charge < -0.3 is 4.74 Å². The molecule has 0 bridgehead atoms. The van der Waals surface area contributed by atoms with Crippen molar-refractivity contribution in [3.63, 3.8) is 0 Å². The summed E-state index contributed by atoms with van der Waals surface area (Å²) in [6, 6.07) is 6.96. The molecule has 0 saturated carbocycles. The quantitative estimate of drug-likeness (QED) is 0.852. The second kappa shape index (κ2) is 5.51. The fraction of sp³-hybridized carbons (Fsp3) is 0.231. The minimum atomic E-state index is -0.572. The second-order valence-corrected chi connectivity index (χ2v) is 3.94. The Morgan fingerprint density at radius 3 is 2.68 bits per heavy atom. The molecular formula is C13H13FN2O3. The lowest BCUT2D eigenvalue weighted by atomic mass is 10.2. The summed E-state index contributed by atoms with van der Waals surface area (Å²) in [7, 11) is 0. The zero-order valence-electron chi connectivity index (χ0n) is 10.4. The molecule has 0 radical (unpaired) electrons. The summed E-state index contributed by atoms with van der Waals surface area (Å²) in [5.41, 5.74) is 0.516. The molecule has 0 aliphatic heterocycles. The molecule has 5 nitrogen and oxygen atoms in total. The van der Waals surface area contributed by atoms with Crippen LogP contribution in [0.4, 0.5) is 4.39 Å². The monoisotopic (exact) mass is 264 g/mol. The molecule has 0 fully saturated rings. The third-order valence-corrected chi connectivity index (χ3v) is 2.54. The number of benzene rings is 1. The van der Waals surface area contributed by atoms with Gasteiger partial charge in [0.1, 0.15) is 11.5 Å². The van der Waals surface area contributed by atoms with Crippen molar-refractivity contribution < 1.29 is 13.9 Å². The maximum atomic E-state index is 12.8. The van der Waals surface area contributed by atoms with Crippen LogP contribution in [0.1, 0.15) is 23.0 Å². The molecule has 1 aromatic heterocycles. The summed E-state index contributed by atoms with van der Waals surface area (Å²) < 4.78 is 18.8. The lowest BCUT2D eigenvalue weighted by Gasteiger charge is -2.02. The Morgan fingerprint density at radius 1 is 1.37 bits per heavy atom. The smallest absolute Gasteiger partial charge is 0.356 e. The van der Waals surface area contributed by atoms with Gasteiger partial charge in [-0.05, 0) is 24.6 Å². The topological polar surface area (TPSA) is 64.1 Å². The molecule has 1 aromatic carbocycles. The Balaban J connectivity index is 2.19. The van der Waals surface area contributed by atoms with Crippen molar-refractivity contribution >= 4 is 5.97 Å². The SMILES string of the molecule is CCOC(=O)c1cc(=O)n(Cc2ccc(F)cc2)[nH]1. The maximum Gasteiger partial charge on any atom is 0.356 e. The molecule has 100 valence electrons. The van der Waals surface area contributed by atoms with E-state index >= 15 is 0 Å². The number of carbonyl (C=O) groups excluding carboxylic acids is 1. The average molecular weight is 264 g/mol. The van der Waals surface area contributed by atoms with Crippen LogP contribution in [0.2, 0.25) is 0 Å². The number of halogens is 1. The Labute approximate surface area is 108 Å². The molecule has 1 heterocycles. The van der Waals surface area contributed by atoms with E-state index in [0.29, 0.717) is 0 Å². The predicted octanol–water partition coefficient (Wildman–Crippen LogP) is 1.54. The van der Waals surface area contributed by atoms with Gasteiger partial charge in [0.25, 0.3) is 5.56 Å². The summed E-state index contributed by atoms with van der Waals surface area (Å²) in [6.07, 6.45) is 0. The first-order chi connectivity index (χ1) is 9.10. The molecule has 1 N–H and O–H groups in total. The number of aromatic amines is 1. The lowest BCUT2D eigenvalue weighted by molar-refractivity contribution is 0.0518. The van der Waals surface area contributed by atoms with Gasteiger partial charge in [-0.25, -0.2) is 13.9 Å². The van der Waals surface area contributed by atoms with Crippen molar-refractivity contribution in [1.82, 2.24) is 9.78 Å². The Kier molecular flexibility index (Phi) is 3.79. The summed E-state index contributed by atoms with van der Waals surface area (Å²) >= 11 is 0. The Bertz CT molecular complexity index is 628. The Morgan fingerprint density at radius 2 is 2.05 bits per heavy atom. The number of carbonyl (C=O) groups is 1. The van der Waals surface area contributed by atoms with Gasteiger partial charge in [0, 0.05) is 6.07 Å². The van der Waals surface area contributed by atoms with Crippen LogP contribution in [0.5, 0.6) is 0 Å². The molecule has 2 aromatic rings. The molecule has 2 rings (SSSR count). The maximum absolute atomic E-state index is 12.8. The van der Waals surface area contributed by atoms with E-state index in [-0.39, 0.29) is 30.2 Å². The van der Waals surface area contributed by atoms with Crippen molar-refractivity contribution in [2.24, 2.45) is 0 Å². The van der Waals surface area contributed by atoms with Crippen LogP contribution in [0.3, 0.4) is 0 Å². The Hall–Kier alpha value is -2.37. The van der Waals surface area contributed by atoms with Gasteiger partial charge in [-0.1, -0.05) is 12.1 Å². The van der Waals surface area contributed by atoms with Crippen LogP contribution >= 0.6 is 0 Å². The summed E-state index contributed by atoms with van der Waals surface area (Å²) in [4.78, 5) is 23.1. The molecule has 0 spiro atoms. The number of nitrogens with one attached hydrogen (secondary N) is 1. The van der Waals surface area contributed by atoms with E-state index < -0.39 is 5.97 Å². The van der Waals surface area contributed by atoms with Gasteiger partial charge in [-0.3, -0.25) is 9.89 Å². The van der Waals surface area contributed by atoms with E-state index in [1.807, 2.05) is 0 Å². The highest BCUT2D eigenvalue weighted by molar-refractivity contribution is 5.86. The van der Waals surface area contributed by atoms with Crippen molar-refractivity contribution in [3.05, 3.63) is 57.8 Å². The third-order valence-electron chi connectivity index (χ3n) is 2.54. The second-order valence-electron chi connectivity index (χ2n) is 3.94. The summed E-state index contributed by atoms with van der Waals surface area (Å²) in [6.45, 7) is 2.16. The number of rotatable bonds is 4. The van der Waals surface area contributed by atoms with Crippen LogP contribution < -0.4 is 5.56 Å². The molecule has 0 aliphatic rings. The number of nitrogens with zero attached hydrogens (tertiary/aromatic N) is 1. The van der Waals surface area contributed by atoms with Crippen molar-refractivity contribution in [2.45, 2.75) is 13.5 Å². The third kappa shape index (κ3) is 3.09. The fourth-order valence-electron chi connectivity index (χ4n) is 1.64. The van der Waals surface area contributed by atoms with Crippen LogP contribution in [0.15, 0.2) is 35.1 Å². The minimum absolute atomic E-state index is 0.106. The van der Waals surface area contributed by atoms with E-state index in [9.17, 15) is 14.0 Å². The molecule has 0 atom stereocenters. The summed E-state index contributed by atoms with van der Waals surface area (Å²) in [5, 5.41) is 2.67. The van der Waals surface area contributed by atoms with E-state index in [4.69, 9.17) is 4.74 Å². The van der Waals surface area contributed by atoms with Crippen LogP contribution in [0, 0.1) is 5.82 Å². The normalized spacial score (nSPS) is 10.4. The first kappa shape index (κ1) is 13.1. The molecule has 0 aliphatic carbocycles. The average Bonchev–Trinajstić information content (AvgIpc) is 2.74. The number of aromatic nitrogens is 2. The molecule has 0 saturated heterocycles. The zero-order chi connectivity index (χ0) is 13.8. The first-order valence-electron chi connectivity index (χ1n) is 5.81. The van der Waals surface area contributed by atoms with Crippen molar-refractivity contribution in [3.8, 4) is 0 Å². The van der Waals surface area contributed by atoms with Crippen molar-refractivity contribution in [2.75, 3.05) is 6.61 Å². The van der Waals surface area contributed by atoms with E-state index in [0.717, 1.165) is 5.56 Å². The lowest BCUT2D eigenvalue weighted by Crippen LogP contribution is -2.16. The number of ether oxygens (including phenoxy) is 1. The molecule has 0 unspecified atom stereocenters. The molecule has 19 heavy (non-hydrogen) atoms. The predicted molar refractivity (Wildman–Crippen MR) is 66.5 cm³/mol. The van der Waals surface area contributed by atoms with Gasteiger partial charge >= 0.3 is 5.97 Å². The van der Waals surface area contributed by atoms with Crippen LogP contribution in [-0.2, 0) is 11.3 Å². The van der Waals surface area contributed by atoms with Gasteiger partial charge in [-0.15, -0.1) is 0 Å². The van der Waals surface area contributed by atoms with Gasteiger partial charge in [-0.2, -0.15) is 0 Å². The van der Waals surface area contributed by atoms with Gasteiger partial charge in [0.2, 0.25) is 0 Å². The van der Waals surface area contributed by atoms with Crippen molar-refractivity contribution in [1.29, 1.82) is 0 Å². The number of hydrogen-bond acceptors (Lipinski definition) is 3. The van der Waals surface area contributed by atoms with E-state index in [1.165, 1.54) is 22.9 Å². The highest BCUT2D eigenvalue weighted by Gasteiger charge is 2.11. The molecule has 6 heteroatoms. The zero-order valence-corrected chi connectivity index (χ0v) is 10.4. The number of esters is 1.